The van der Waals surface area contributed by atoms with Crippen molar-refractivity contribution < 1.29 is 0 Å². The first kappa shape index (κ1) is 17.3. The van der Waals surface area contributed by atoms with Crippen LogP contribution in [0.2, 0.25) is 0 Å². The second-order valence-corrected chi connectivity index (χ2v) is 8.17. The van der Waals surface area contributed by atoms with E-state index in [0.29, 0.717) is 6.04 Å². The number of aryl methyl sites for hydroxylation is 2. The predicted molar refractivity (Wildman–Crippen MR) is 109 cm³/mol. The first-order valence-corrected chi connectivity index (χ1v) is 10.3. The van der Waals surface area contributed by atoms with Gasteiger partial charge in [-0.1, -0.05) is 54.9 Å². The Bertz CT molecular complexity index is 1000. The zero-order valence-electron chi connectivity index (χ0n) is 15.4. The van der Waals surface area contributed by atoms with Crippen LogP contribution < -0.4 is 5.56 Å². The molecule has 0 saturated heterocycles. The summed E-state index contributed by atoms with van der Waals surface area (Å²) in [6.45, 7) is 4.28. The van der Waals surface area contributed by atoms with E-state index < -0.39 is 0 Å². The molecule has 1 heterocycles. The highest BCUT2D eigenvalue weighted by molar-refractivity contribution is 7.98. The molecule has 134 valence electrons. The number of para-hydroxylation sites is 1. The Morgan fingerprint density at radius 1 is 1.08 bits per heavy atom. The van der Waals surface area contributed by atoms with Crippen molar-refractivity contribution in [2.24, 2.45) is 0 Å². The predicted octanol–water partition coefficient (Wildman–Crippen LogP) is 5.42. The minimum Gasteiger partial charge on any atom is -0.284 e. The molecule has 1 aliphatic rings. The number of benzene rings is 2. The number of rotatable bonds is 4. The summed E-state index contributed by atoms with van der Waals surface area (Å²) in [6.07, 6.45) is 4.56. The monoisotopic (exact) mass is 364 g/mol. The molecular weight excluding hydrogens is 340 g/mol. The summed E-state index contributed by atoms with van der Waals surface area (Å²) in [4.78, 5) is 18.0. The van der Waals surface area contributed by atoms with Gasteiger partial charge in [0, 0.05) is 11.8 Å². The van der Waals surface area contributed by atoms with Gasteiger partial charge in [-0.25, -0.2) is 4.98 Å². The average molecular weight is 365 g/mol. The van der Waals surface area contributed by atoms with E-state index in [4.69, 9.17) is 4.98 Å². The van der Waals surface area contributed by atoms with Crippen molar-refractivity contribution in [2.45, 2.75) is 56.5 Å². The van der Waals surface area contributed by atoms with Gasteiger partial charge in [0.2, 0.25) is 0 Å². The molecule has 3 nitrogen and oxygen atoms in total. The van der Waals surface area contributed by atoms with E-state index in [1.165, 1.54) is 29.5 Å². The quantitative estimate of drug-likeness (QED) is 0.458. The Labute approximate surface area is 158 Å². The van der Waals surface area contributed by atoms with Gasteiger partial charge in [0.1, 0.15) is 0 Å². The van der Waals surface area contributed by atoms with Crippen LogP contribution in [0.4, 0.5) is 0 Å². The number of nitrogens with zero attached hydrogens (tertiary/aromatic N) is 2. The molecule has 0 bridgehead atoms. The molecular formula is C22H24N2OS. The van der Waals surface area contributed by atoms with E-state index in [1.54, 1.807) is 11.8 Å². The van der Waals surface area contributed by atoms with E-state index in [-0.39, 0.29) is 5.56 Å². The molecule has 0 aliphatic heterocycles. The van der Waals surface area contributed by atoms with E-state index in [0.717, 1.165) is 34.7 Å². The molecule has 0 amide bonds. The third-order valence-corrected chi connectivity index (χ3v) is 6.43. The van der Waals surface area contributed by atoms with E-state index in [1.807, 2.05) is 28.8 Å². The van der Waals surface area contributed by atoms with Gasteiger partial charge in [-0.15, -0.1) is 0 Å². The number of hydrogen-bond donors (Lipinski definition) is 0. The second kappa shape index (κ2) is 7.28. The summed E-state index contributed by atoms with van der Waals surface area (Å²) in [5.74, 6) is 0.832. The fourth-order valence-corrected chi connectivity index (χ4v) is 4.76. The van der Waals surface area contributed by atoms with Crippen LogP contribution in [0.15, 0.2) is 52.4 Å². The number of aromatic nitrogens is 2. The molecule has 1 saturated carbocycles. The van der Waals surface area contributed by atoms with E-state index >= 15 is 0 Å². The number of thioether (sulfide) groups is 1. The second-order valence-electron chi connectivity index (χ2n) is 7.23. The summed E-state index contributed by atoms with van der Waals surface area (Å²) < 4.78 is 1.97. The summed E-state index contributed by atoms with van der Waals surface area (Å²) in [6, 6.07) is 14.6. The van der Waals surface area contributed by atoms with Gasteiger partial charge < -0.3 is 0 Å². The molecule has 0 unspecified atom stereocenters. The van der Waals surface area contributed by atoms with Crippen LogP contribution in [0.25, 0.3) is 10.9 Å². The Balaban J connectivity index is 1.73. The van der Waals surface area contributed by atoms with Gasteiger partial charge in [0.15, 0.2) is 5.16 Å². The molecule has 1 fully saturated rings. The normalized spacial score (nSPS) is 15.0. The summed E-state index contributed by atoms with van der Waals surface area (Å²) in [5, 5.41) is 1.59. The van der Waals surface area contributed by atoms with E-state index in [9.17, 15) is 4.79 Å². The van der Waals surface area contributed by atoms with Crippen molar-refractivity contribution >= 4 is 22.7 Å². The topological polar surface area (TPSA) is 34.9 Å². The van der Waals surface area contributed by atoms with Crippen molar-refractivity contribution in [3.05, 3.63) is 69.5 Å². The summed E-state index contributed by atoms with van der Waals surface area (Å²) in [5.41, 5.74) is 4.81. The van der Waals surface area contributed by atoms with Crippen LogP contribution in [0.5, 0.6) is 0 Å². The molecule has 0 spiro atoms. The van der Waals surface area contributed by atoms with Gasteiger partial charge in [-0.3, -0.25) is 9.36 Å². The lowest BCUT2D eigenvalue weighted by molar-refractivity contribution is 0.457. The van der Waals surface area contributed by atoms with Gasteiger partial charge in [0.05, 0.1) is 10.9 Å². The highest BCUT2D eigenvalue weighted by atomic mass is 32.2. The number of hydrogen-bond acceptors (Lipinski definition) is 3. The molecule has 0 N–H and O–H groups in total. The molecule has 0 atom stereocenters. The summed E-state index contributed by atoms with van der Waals surface area (Å²) >= 11 is 1.68. The number of fused-ring (bicyclic) bond motifs is 1. The molecule has 4 heteroatoms. The highest BCUT2D eigenvalue weighted by Gasteiger charge is 2.23. The highest BCUT2D eigenvalue weighted by Crippen LogP contribution is 2.33. The largest absolute Gasteiger partial charge is 0.284 e. The van der Waals surface area contributed by atoms with Crippen molar-refractivity contribution in [3.63, 3.8) is 0 Å². The Kier molecular flexibility index (Phi) is 4.86. The van der Waals surface area contributed by atoms with E-state index in [2.05, 4.69) is 32.0 Å². The lowest BCUT2D eigenvalue weighted by atomic mass is 10.1. The molecule has 26 heavy (non-hydrogen) atoms. The minimum atomic E-state index is 0.116. The molecule has 0 radical (unpaired) electrons. The Morgan fingerprint density at radius 2 is 1.85 bits per heavy atom. The van der Waals surface area contributed by atoms with Crippen LogP contribution in [0, 0.1) is 13.8 Å². The lowest BCUT2D eigenvalue weighted by Crippen LogP contribution is -2.26. The van der Waals surface area contributed by atoms with Gasteiger partial charge in [-0.05, 0) is 55.5 Å². The zero-order valence-corrected chi connectivity index (χ0v) is 16.2. The summed E-state index contributed by atoms with van der Waals surface area (Å²) in [7, 11) is 0. The fraction of sp³-hybridized carbons (Fsp3) is 0.364. The lowest BCUT2D eigenvalue weighted by Gasteiger charge is -2.18. The molecule has 1 aliphatic carbocycles. The Hall–Kier alpha value is -2.07. The molecule has 2 aromatic carbocycles. The maximum Gasteiger partial charge on any atom is 0.262 e. The molecule has 4 rings (SSSR count). The van der Waals surface area contributed by atoms with Gasteiger partial charge >= 0.3 is 0 Å². The van der Waals surface area contributed by atoms with Gasteiger partial charge in [-0.2, -0.15) is 0 Å². The SMILES string of the molecule is Cc1ccc(CSc2nc3ccccc3c(=O)n2C2CCCC2)cc1C. The van der Waals surface area contributed by atoms with Crippen LogP contribution in [-0.4, -0.2) is 9.55 Å². The third kappa shape index (κ3) is 3.30. The Morgan fingerprint density at radius 3 is 2.62 bits per heavy atom. The van der Waals surface area contributed by atoms with Crippen LogP contribution in [0.3, 0.4) is 0 Å². The first-order valence-electron chi connectivity index (χ1n) is 9.33. The van der Waals surface area contributed by atoms with Crippen molar-refractivity contribution in [2.75, 3.05) is 0 Å². The van der Waals surface area contributed by atoms with Crippen LogP contribution in [0.1, 0.15) is 48.4 Å². The molecule has 3 aromatic rings. The van der Waals surface area contributed by atoms with Crippen LogP contribution >= 0.6 is 11.8 Å². The smallest absolute Gasteiger partial charge is 0.262 e. The molecule has 1 aromatic heterocycles. The minimum absolute atomic E-state index is 0.116. The van der Waals surface area contributed by atoms with Gasteiger partial charge in [0.25, 0.3) is 5.56 Å². The zero-order chi connectivity index (χ0) is 18.1. The van der Waals surface area contributed by atoms with Crippen molar-refractivity contribution in [1.29, 1.82) is 0 Å². The average Bonchev–Trinajstić information content (AvgIpc) is 3.17. The maximum absolute atomic E-state index is 13.2. The first-order chi connectivity index (χ1) is 12.6. The van der Waals surface area contributed by atoms with Crippen molar-refractivity contribution in [1.82, 2.24) is 9.55 Å². The third-order valence-electron chi connectivity index (χ3n) is 5.40. The van der Waals surface area contributed by atoms with Crippen LogP contribution in [-0.2, 0) is 5.75 Å². The fourth-order valence-electron chi connectivity index (χ4n) is 3.75. The van der Waals surface area contributed by atoms with Crippen molar-refractivity contribution in [3.8, 4) is 0 Å². The maximum atomic E-state index is 13.2. The standard InChI is InChI=1S/C22H24N2OS/c1-15-11-12-17(13-16(15)2)14-26-22-23-20-10-6-5-9-19(20)21(25)24(22)18-7-3-4-8-18/h5-6,9-13,18H,3-4,7-8,14H2,1-2H3.